The van der Waals surface area contributed by atoms with Crippen molar-refractivity contribution in [1.82, 2.24) is 23.9 Å². The summed E-state index contributed by atoms with van der Waals surface area (Å²) in [5, 5.41) is 13.1. The van der Waals surface area contributed by atoms with Gasteiger partial charge in [-0.05, 0) is 31.2 Å². The van der Waals surface area contributed by atoms with Crippen molar-refractivity contribution in [3.05, 3.63) is 75.0 Å². The van der Waals surface area contributed by atoms with Crippen LogP contribution in [0.25, 0.3) is 5.69 Å². The Hall–Kier alpha value is -3.60. The number of benzene rings is 2. The molecule has 0 aliphatic heterocycles. The third-order valence-corrected chi connectivity index (χ3v) is 6.15. The molecule has 4 aromatic rings. The van der Waals surface area contributed by atoms with E-state index in [-0.39, 0.29) is 37.8 Å². The molecule has 202 valence electrons. The zero-order valence-corrected chi connectivity index (χ0v) is 22.5. The molecule has 0 aliphatic rings. The zero-order chi connectivity index (χ0) is 28.0. The molecular formula is C20H18Cl2F2N8O4S2. The highest BCUT2D eigenvalue weighted by molar-refractivity contribution is 7.92. The molecule has 38 heavy (non-hydrogen) atoms. The molecule has 0 fully saturated rings. The van der Waals surface area contributed by atoms with Gasteiger partial charge in [-0.1, -0.05) is 45.9 Å². The monoisotopic (exact) mass is 606 g/mol. The highest BCUT2D eigenvalue weighted by Crippen LogP contribution is 2.31. The van der Waals surface area contributed by atoms with Crippen LogP contribution in [0.3, 0.4) is 0 Å². The number of urea groups is 1. The molecule has 0 saturated heterocycles. The number of nitrogens with one attached hydrogen (secondary N) is 3. The number of nitrogens with zero attached hydrogens (tertiary/aromatic N) is 5. The van der Waals surface area contributed by atoms with E-state index in [1.165, 1.54) is 19.2 Å². The first-order valence-corrected chi connectivity index (χ1v) is 13.6. The van der Waals surface area contributed by atoms with Crippen LogP contribution in [0, 0.1) is 6.92 Å². The molecule has 0 radical (unpaired) electrons. The summed E-state index contributed by atoms with van der Waals surface area (Å²) in [6.45, 7) is -1.85. The van der Waals surface area contributed by atoms with E-state index >= 15 is 0 Å². The highest BCUT2D eigenvalue weighted by Gasteiger charge is 2.21. The summed E-state index contributed by atoms with van der Waals surface area (Å²) in [6.07, 6.45) is 2.40. The van der Waals surface area contributed by atoms with Gasteiger partial charge >= 0.3 is 18.3 Å². The standard InChI is InChI=1S/C11H10Cl2F2N4O3S.C9H8N4OS/c1-5-16-19(11(20)18(5)10(14)15)9-4-8(17-23(2,21)22)6(12)3-7(9)13;14-9(12-8-6-10-13-15-8)11-7-4-2-1-3-5-7/h3-4,10,17H,1-2H3;1-6H,(H2,11,12,14). The normalized spacial score (nSPS) is 11.0. The summed E-state index contributed by atoms with van der Waals surface area (Å²) in [4.78, 5) is 23.4. The fraction of sp³-hybridized carbons (Fsp3) is 0.150. The molecule has 12 nitrogen and oxygen atoms in total. The van der Waals surface area contributed by atoms with E-state index in [0.717, 1.165) is 29.5 Å². The first kappa shape index (κ1) is 29.0. The third kappa shape index (κ3) is 7.70. The molecule has 2 aromatic heterocycles. The van der Waals surface area contributed by atoms with Gasteiger partial charge in [0.25, 0.3) is 0 Å². The number of anilines is 3. The summed E-state index contributed by atoms with van der Waals surface area (Å²) in [5.41, 5.74) is -0.529. The SMILES string of the molecule is Cc1nn(-c2cc(NS(C)(=O)=O)c(Cl)cc2Cl)c(=O)n1C(F)F.O=C(Nc1ccccc1)Nc1cnns1. The van der Waals surface area contributed by atoms with E-state index in [9.17, 15) is 26.8 Å². The number of carbonyl (C=O) groups excluding carboxylic acids is 1. The van der Waals surface area contributed by atoms with Crippen molar-refractivity contribution in [2.75, 3.05) is 21.6 Å². The molecule has 18 heteroatoms. The Kier molecular flexibility index (Phi) is 9.37. The molecule has 0 aliphatic carbocycles. The number of alkyl halides is 2. The van der Waals surface area contributed by atoms with E-state index < -0.39 is 22.3 Å². The minimum atomic E-state index is -3.65. The maximum Gasteiger partial charge on any atom is 0.355 e. The molecule has 0 bridgehead atoms. The number of hydrogen-bond acceptors (Lipinski definition) is 8. The predicted molar refractivity (Wildman–Crippen MR) is 141 cm³/mol. The number of hydrogen-bond donors (Lipinski definition) is 3. The number of rotatable bonds is 6. The van der Waals surface area contributed by atoms with Gasteiger partial charge in [0.15, 0.2) is 0 Å². The Bertz CT molecular complexity index is 1580. The number of aryl methyl sites for hydroxylation is 1. The summed E-state index contributed by atoms with van der Waals surface area (Å²) in [7, 11) is -3.65. The van der Waals surface area contributed by atoms with Gasteiger partial charge in [-0.3, -0.25) is 10.0 Å². The number of sulfonamides is 1. The van der Waals surface area contributed by atoms with Crippen molar-refractivity contribution in [1.29, 1.82) is 0 Å². The smallest absolute Gasteiger partial charge is 0.308 e. The van der Waals surface area contributed by atoms with Crippen molar-refractivity contribution in [3.8, 4) is 5.69 Å². The Morgan fingerprint density at radius 2 is 1.79 bits per heavy atom. The molecule has 4 rings (SSSR count). The lowest BCUT2D eigenvalue weighted by molar-refractivity contribution is 0.0640. The van der Waals surface area contributed by atoms with Crippen LogP contribution in [0.4, 0.5) is 30.0 Å². The second-order valence-electron chi connectivity index (χ2n) is 7.27. The predicted octanol–water partition coefficient (Wildman–Crippen LogP) is 4.60. The zero-order valence-electron chi connectivity index (χ0n) is 19.4. The van der Waals surface area contributed by atoms with Crippen molar-refractivity contribution >= 4 is 67.2 Å². The average molecular weight is 607 g/mol. The lowest BCUT2D eigenvalue weighted by Gasteiger charge is -2.10. The van der Waals surface area contributed by atoms with Gasteiger partial charge in [0.05, 0.1) is 33.9 Å². The molecule has 0 unspecified atom stereocenters. The summed E-state index contributed by atoms with van der Waals surface area (Å²) < 4.78 is 54.9. The van der Waals surface area contributed by atoms with E-state index in [4.69, 9.17) is 23.2 Å². The Labute approximate surface area is 228 Å². The Morgan fingerprint density at radius 1 is 1.11 bits per heavy atom. The highest BCUT2D eigenvalue weighted by atomic mass is 35.5. The van der Waals surface area contributed by atoms with Crippen molar-refractivity contribution in [3.63, 3.8) is 0 Å². The fourth-order valence-corrected chi connectivity index (χ4v) is 4.40. The van der Waals surface area contributed by atoms with Crippen LogP contribution in [0.1, 0.15) is 12.4 Å². The lowest BCUT2D eigenvalue weighted by Crippen LogP contribution is -2.25. The fourth-order valence-electron chi connectivity index (χ4n) is 2.85. The van der Waals surface area contributed by atoms with Crippen LogP contribution in [-0.2, 0) is 10.0 Å². The molecular weight excluding hydrogens is 589 g/mol. The van der Waals surface area contributed by atoms with Crippen LogP contribution >= 0.6 is 34.7 Å². The van der Waals surface area contributed by atoms with Crippen LogP contribution in [0.2, 0.25) is 10.0 Å². The Balaban J connectivity index is 0.000000230. The minimum absolute atomic E-state index is 0.0257. The van der Waals surface area contributed by atoms with E-state index in [1.807, 2.05) is 30.3 Å². The van der Waals surface area contributed by atoms with E-state index in [1.54, 1.807) is 0 Å². The van der Waals surface area contributed by atoms with Crippen LogP contribution in [0.15, 0.2) is 53.5 Å². The molecule has 0 atom stereocenters. The van der Waals surface area contributed by atoms with Crippen molar-refractivity contribution in [2.45, 2.75) is 13.5 Å². The third-order valence-electron chi connectivity index (χ3n) is 4.37. The number of amides is 2. The van der Waals surface area contributed by atoms with Gasteiger partial charge in [-0.15, -0.1) is 10.2 Å². The molecule has 2 heterocycles. The summed E-state index contributed by atoms with van der Waals surface area (Å²) in [6, 6.07) is 11.2. The summed E-state index contributed by atoms with van der Waals surface area (Å²) >= 11 is 13.0. The largest absolute Gasteiger partial charge is 0.355 e. The Morgan fingerprint density at radius 3 is 2.34 bits per heavy atom. The lowest BCUT2D eigenvalue weighted by atomic mass is 10.3. The van der Waals surface area contributed by atoms with Gasteiger partial charge < -0.3 is 5.32 Å². The molecule has 0 saturated carbocycles. The molecule has 0 spiro atoms. The van der Waals surface area contributed by atoms with Gasteiger partial charge in [0.2, 0.25) is 10.0 Å². The van der Waals surface area contributed by atoms with Gasteiger partial charge in [-0.2, -0.15) is 13.5 Å². The topological polar surface area (TPSA) is 153 Å². The van der Waals surface area contributed by atoms with E-state index in [0.29, 0.717) is 9.68 Å². The molecule has 3 N–H and O–H groups in total. The molecule has 2 aromatic carbocycles. The first-order chi connectivity index (χ1) is 17.9. The van der Waals surface area contributed by atoms with Gasteiger partial charge in [-0.25, -0.2) is 22.6 Å². The maximum atomic E-state index is 12.8. The maximum absolute atomic E-state index is 12.8. The van der Waals surface area contributed by atoms with Crippen molar-refractivity contribution in [2.24, 2.45) is 0 Å². The van der Waals surface area contributed by atoms with Gasteiger partial charge in [0, 0.05) is 17.2 Å². The van der Waals surface area contributed by atoms with Crippen LogP contribution < -0.4 is 21.0 Å². The number of aromatic nitrogens is 5. The number of carbonyl (C=O) groups is 1. The molecule has 2 amide bonds. The minimum Gasteiger partial charge on any atom is -0.308 e. The van der Waals surface area contributed by atoms with Crippen LogP contribution in [-0.4, -0.2) is 44.6 Å². The van der Waals surface area contributed by atoms with Crippen LogP contribution in [0.5, 0.6) is 0 Å². The number of para-hydroxylation sites is 1. The van der Waals surface area contributed by atoms with E-state index in [2.05, 4.69) is 30.0 Å². The second kappa shape index (κ2) is 12.3. The quantitative estimate of drug-likeness (QED) is 0.290. The van der Waals surface area contributed by atoms with Gasteiger partial charge in [0.1, 0.15) is 10.8 Å². The average Bonchev–Trinajstić information content (AvgIpc) is 3.43. The second-order valence-corrected chi connectivity index (χ2v) is 10.6. The first-order valence-electron chi connectivity index (χ1n) is 10.2. The van der Waals surface area contributed by atoms with Crippen molar-refractivity contribution < 1.29 is 22.0 Å². The summed E-state index contributed by atoms with van der Waals surface area (Å²) in [5.74, 6) is -0.228. The number of halogens is 4.